The summed E-state index contributed by atoms with van der Waals surface area (Å²) in [5.74, 6) is -1.67. The summed E-state index contributed by atoms with van der Waals surface area (Å²) in [5.41, 5.74) is 3.04. The molecule has 8 heteroatoms. The van der Waals surface area contributed by atoms with E-state index in [-0.39, 0.29) is 42.6 Å². The lowest BCUT2D eigenvalue weighted by Gasteiger charge is -2.36. The molecule has 2 aromatic rings. The van der Waals surface area contributed by atoms with Crippen molar-refractivity contribution >= 4 is 17.4 Å². The average Bonchev–Trinajstić information content (AvgIpc) is 2.86. The van der Waals surface area contributed by atoms with E-state index in [1.807, 2.05) is 37.3 Å². The maximum absolute atomic E-state index is 13.6. The minimum Gasteiger partial charge on any atom is -0.460 e. The van der Waals surface area contributed by atoms with Gasteiger partial charge < -0.3 is 14.8 Å². The van der Waals surface area contributed by atoms with Gasteiger partial charge in [0.2, 0.25) is 0 Å². The van der Waals surface area contributed by atoms with E-state index >= 15 is 0 Å². The Kier molecular flexibility index (Phi) is 7.41. The van der Waals surface area contributed by atoms with Crippen molar-refractivity contribution in [3.8, 4) is 0 Å². The molecular formula is C27H28N2O6. The predicted octanol–water partition coefficient (Wildman–Crippen LogP) is 4.54. The van der Waals surface area contributed by atoms with E-state index in [4.69, 9.17) is 9.47 Å². The number of hydrogen-bond donors (Lipinski definition) is 1. The summed E-state index contributed by atoms with van der Waals surface area (Å²) in [7, 11) is 0. The van der Waals surface area contributed by atoms with Crippen LogP contribution in [-0.4, -0.2) is 36.5 Å². The highest BCUT2D eigenvalue weighted by Crippen LogP contribution is 2.47. The molecule has 0 fully saturated rings. The lowest BCUT2D eigenvalue weighted by atomic mass is 9.71. The van der Waals surface area contributed by atoms with Crippen molar-refractivity contribution < 1.29 is 24.0 Å². The standard InChI is InChI=1S/C27H28N2O6/c1-3-34-13-14-35-27(31)24-17(2)28-21-15-19(18-9-5-4-6-10-18)16-23(30)26(21)25(24)20-11-7-8-12-22(20)29(32)33/h4-12,19,25,28H,3,13-16H2,1-2H3/t19-,25+/m0/s1. The van der Waals surface area contributed by atoms with Crippen LogP contribution in [-0.2, 0) is 19.1 Å². The van der Waals surface area contributed by atoms with Gasteiger partial charge in [0, 0.05) is 41.6 Å². The molecule has 0 saturated heterocycles. The van der Waals surface area contributed by atoms with E-state index in [0.29, 0.717) is 35.6 Å². The Morgan fingerprint density at radius 1 is 1.09 bits per heavy atom. The smallest absolute Gasteiger partial charge is 0.336 e. The molecule has 4 rings (SSSR count). The number of carbonyl (C=O) groups excluding carboxylic acids is 2. The number of nitrogens with zero attached hydrogens (tertiary/aromatic N) is 1. The van der Waals surface area contributed by atoms with Crippen molar-refractivity contribution in [3.63, 3.8) is 0 Å². The van der Waals surface area contributed by atoms with Crippen LogP contribution in [0.2, 0.25) is 0 Å². The maximum atomic E-state index is 13.6. The first-order valence-electron chi connectivity index (χ1n) is 11.7. The van der Waals surface area contributed by atoms with Gasteiger partial charge in [-0.3, -0.25) is 14.9 Å². The fourth-order valence-electron chi connectivity index (χ4n) is 4.89. The van der Waals surface area contributed by atoms with Crippen LogP contribution in [0.5, 0.6) is 0 Å². The van der Waals surface area contributed by atoms with Gasteiger partial charge in [-0.25, -0.2) is 4.79 Å². The van der Waals surface area contributed by atoms with Crippen LogP contribution in [0, 0.1) is 10.1 Å². The quantitative estimate of drug-likeness (QED) is 0.258. The Bertz CT molecular complexity index is 1200. The Hall–Kier alpha value is -3.78. The predicted molar refractivity (Wildman–Crippen MR) is 130 cm³/mol. The molecule has 0 unspecified atom stereocenters. The highest BCUT2D eigenvalue weighted by molar-refractivity contribution is 6.04. The van der Waals surface area contributed by atoms with Crippen molar-refractivity contribution in [3.05, 3.63) is 98.4 Å². The van der Waals surface area contributed by atoms with E-state index in [0.717, 1.165) is 5.56 Å². The van der Waals surface area contributed by atoms with Crippen LogP contribution in [0.3, 0.4) is 0 Å². The van der Waals surface area contributed by atoms with Crippen molar-refractivity contribution in [2.24, 2.45) is 0 Å². The number of hydrogen-bond acceptors (Lipinski definition) is 7. The van der Waals surface area contributed by atoms with E-state index in [9.17, 15) is 19.7 Å². The Morgan fingerprint density at radius 2 is 1.80 bits per heavy atom. The second-order valence-electron chi connectivity index (χ2n) is 8.58. The molecule has 2 atom stereocenters. The van der Waals surface area contributed by atoms with Gasteiger partial charge in [0.25, 0.3) is 5.69 Å². The maximum Gasteiger partial charge on any atom is 0.336 e. The van der Waals surface area contributed by atoms with Crippen LogP contribution in [0.1, 0.15) is 49.7 Å². The monoisotopic (exact) mass is 476 g/mol. The van der Waals surface area contributed by atoms with E-state index in [1.165, 1.54) is 6.07 Å². The van der Waals surface area contributed by atoms with Crippen LogP contribution in [0.25, 0.3) is 0 Å². The topological polar surface area (TPSA) is 108 Å². The van der Waals surface area contributed by atoms with E-state index in [2.05, 4.69) is 5.32 Å². The fraction of sp³-hybridized carbons (Fsp3) is 0.333. The van der Waals surface area contributed by atoms with Crippen LogP contribution >= 0.6 is 0 Å². The number of nitro groups is 1. The van der Waals surface area contributed by atoms with Crippen LogP contribution in [0.15, 0.2) is 77.1 Å². The molecule has 0 spiro atoms. The molecule has 0 amide bonds. The minimum absolute atomic E-state index is 0.0196. The lowest BCUT2D eigenvalue weighted by molar-refractivity contribution is -0.385. The number of para-hydroxylation sites is 1. The molecule has 1 aliphatic heterocycles. The molecule has 1 N–H and O–H groups in total. The molecule has 2 aliphatic rings. The second-order valence-corrected chi connectivity index (χ2v) is 8.58. The number of Topliss-reactive ketones (excluding diaryl/α,β-unsaturated/α-hetero) is 1. The molecule has 0 bridgehead atoms. The summed E-state index contributed by atoms with van der Waals surface area (Å²) in [4.78, 5) is 38.2. The number of dihydropyridines is 1. The molecule has 1 aliphatic carbocycles. The SMILES string of the molecule is CCOCCOC(=O)C1=C(C)NC2=C(C(=O)C[C@@H](c3ccccc3)C2)[C@@H]1c1ccccc1[N+](=O)[O-]. The normalized spacial score (nSPS) is 19.8. The number of esters is 1. The van der Waals surface area contributed by atoms with Gasteiger partial charge in [-0.2, -0.15) is 0 Å². The van der Waals surface area contributed by atoms with E-state index < -0.39 is 16.8 Å². The third-order valence-corrected chi connectivity index (χ3v) is 6.43. The highest BCUT2D eigenvalue weighted by atomic mass is 16.6. The first kappa shape index (κ1) is 24.3. The second kappa shape index (κ2) is 10.7. The van der Waals surface area contributed by atoms with Crippen LogP contribution in [0.4, 0.5) is 5.69 Å². The van der Waals surface area contributed by atoms with Crippen molar-refractivity contribution in [2.45, 2.75) is 38.5 Å². The Labute approximate surface area is 203 Å². The number of nitrogens with one attached hydrogen (secondary N) is 1. The Morgan fingerprint density at radius 3 is 2.51 bits per heavy atom. The molecule has 0 saturated carbocycles. The molecule has 1 heterocycles. The average molecular weight is 477 g/mol. The van der Waals surface area contributed by atoms with Crippen molar-refractivity contribution in [2.75, 3.05) is 19.8 Å². The zero-order valence-corrected chi connectivity index (χ0v) is 19.8. The molecule has 0 aromatic heterocycles. The summed E-state index contributed by atoms with van der Waals surface area (Å²) in [6.07, 6.45) is 0.819. The minimum atomic E-state index is -0.892. The fourth-order valence-corrected chi connectivity index (χ4v) is 4.89. The highest BCUT2D eigenvalue weighted by Gasteiger charge is 2.43. The number of rotatable bonds is 8. The molecule has 8 nitrogen and oxygen atoms in total. The van der Waals surface area contributed by atoms with Gasteiger partial charge in [-0.15, -0.1) is 0 Å². The van der Waals surface area contributed by atoms with Gasteiger partial charge in [0.1, 0.15) is 6.61 Å². The number of ketones is 1. The van der Waals surface area contributed by atoms with Gasteiger partial charge >= 0.3 is 5.97 Å². The zero-order valence-electron chi connectivity index (χ0n) is 19.8. The number of nitro benzene ring substituents is 1. The largest absolute Gasteiger partial charge is 0.460 e. The number of carbonyl (C=O) groups is 2. The van der Waals surface area contributed by atoms with Crippen LogP contribution < -0.4 is 5.32 Å². The van der Waals surface area contributed by atoms with Gasteiger partial charge in [0.05, 0.1) is 23.0 Å². The molecule has 182 valence electrons. The summed E-state index contributed by atoms with van der Waals surface area (Å²) in [6.45, 7) is 4.36. The summed E-state index contributed by atoms with van der Waals surface area (Å²) in [6, 6.07) is 16.1. The third-order valence-electron chi connectivity index (χ3n) is 6.43. The van der Waals surface area contributed by atoms with Gasteiger partial charge in [-0.1, -0.05) is 48.5 Å². The van der Waals surface area contributed by atoms with Crippen molar-refractivity contribution in [1.29, 1.82) is 0 Å². The zero-order chi connectivity index (χ0) is 24.9. The van der Waals surface area contributed by atoms with Crippen molar-refractivity contribution in [1.82, 2.24) is 5.32 Å². The first-order valence-corrected chi connectivity index (χ1v) is 11.7. The number of benzene rings is 2. The summed E-state index contributed by atoms with van der Waals surface area (Å²) in [5, 5.41) is 15.2. The number of ether oxygens (including phenoxy) is 2. The van der Waals surface area contributed by atoms with Gasteiger partial charge in [-0.05, 0) is 31.7 Å². The molecule has 35 heavy (non-hydrogen) atoms. The summed E-state index contributed by atoms with van der Waals surface area (Å²) < 4.78 is 10.7. The number of allylic oxidation sites excluding steroid dienone is 3. The molecule has 0 radical (unpaired) electrons. The lowest BCUT2D eigenvalue weighted by Crippen LogP contribution is -2.36. The van der Waals surface area contributed by atoms with E-state index in [1.54, 1.807) is 25.1 Å². The third kappa shape index (κ3) is 5.02. The Balaban J connectivity index is 1.78. The first-order chi connectivity index (χ1) is 16.9. The van der Waals surface area contributed by atoms with Gasteiger partial charge in [0.15, 0.2) is 5.78 Å². The molecule has 2 aromatic carbocycles. The summed E-state index contributed by atoms with van der Waals surface area (Å²) >= 11 is 0. The molecular weight excluding hydrogens is 448 g/mol.